The number of carbonyl (C=O) groups is 2. The van der Waals surface area contributed by atoms with E-state index in [1.165, 1.54) is 6.07 Å². The molecule has 0 saturated carbocycles. The number of nitrogens with one attached hydrogen (secondary N) is 1. The molecular weight excluding hydrogens is 365 g/mol. The van der Waals surface area contributed by atoms with Gasteiger partial charge in [-0.3, -0.25) is 14.9 Å². The van der Waals surface area contributed by atoms with Crippen molar-refractivity contribution in [2.75, 3.05) is 11.1 Å². The van der Waals surface area contributed by atoms with Crippen molar-refractivity contribution >= 4 is 74.6 Å². The van der Waals surface area contributed by atoms with Crippen LogP contribution in [0.2, 0.25) is 8.67 Å². The van der Waals surface area contributed by atoms with E-state index < -0.39 is 11.9 Å². The molecule has 0 radical (unpaired) electrons. The summed E-state index contributed by atoms with van der Waals surface area (Å²) in [6.07, 6.45) is 0. The van der Waals surface area contributed by atoms with Gasteiger partial charge in [0.2, 0.25) is 5.13 Å². The number of thiophene rings is 1. The predicted octanol–water partition coefficient (Wildman–Crippen LogP) is 3.34. The van der Waals surface area contributed by atoms with Crippen LogP contribution in [-0.2, 0) is 4.79 Å². The van der Waals surface area contributed by atoms with Crippen molar-refractivity contribution in [3.8, 4) is 0 Å². The van der Waals surface area contributed by atoms with E-state index in [2.05, 4.69) is 15.5 Å². The Labute approximate surface area is 135 Å². The number of hydrogen-bond acceptors (Lipinski definition) is 7. The minimum atomic E-state index is -0.949. The maximum atomic E-state index is 11.9. The lowest BCUT2D eigenvalue weighted by molar-refractivity contribution is -0.133. The van der Waals surface area contributed by atoms with E-state index in [4.69, 9.17) is 28.3 Å². The number of rotatable bonds is 5. The highest BCUT2D eigenvalue weighted by molar-refractivity contribution is 8.01. The van der Waals surface area contributed by atoms with Gasteiger partial charge in [-0.1, -0.05) is 46.3 Å². The number of carboxylic acids is 1. The molecule has 0 unspecified atom stereocenters. The molecule has 11 heteroatoms. The van der Waals surface area contributed by atoms with Crippen molar-refractivity contribution in [1.82, 2.24) is 10.2 Å². The van der Waals surface area contributed by atoms with E-state index in [9.17, 15) is 9.59 Å². The van der Waals surface area contributed by atoms with Gasteiger partial charge in [0.25, 0.3) is 5.91 Å². The molecule has 2 rings (SSSR count). The molecular formula is C9H5Cl2N3O3S3. The third-order valence-electron chi connectivity index (χ3n) is 1.85. The largest absolute Gasteiger partial charge is 0.481 e. The maximum Gasteiger partial charge on any atom is 0.313 e. The molecule has 20 heavy (non-hydrogen) atoms. The van der Waals surface area contributed by atoms with Crippen LogP contribution in [0.4, 0.5) is 5.13 Å². The molecule has 0 saturated heterocycles. The zero-order valence-corrected chi connectivity index (χ0v) is 13.4. The smallest absolute Gasteiger partial charge is 0.313 e. The molecule has 0 aliphatic heterocycles. The number of carbonyl (C=O) groups excluding carboxylic acids is 1. The number of nitrogens with zero attached hydrogens (tertiary/aromatic N) is 2. The van der Waals surface area contributed by atoms with Crippen molar-refractivity contribution in [2.45, 2.75) is 4.34 Å². The number of halogens is 2. The molecule has 0 spiro atoms. The van der Waals surface area contributed by atoms with Crippen LogP contribution in [0.3, 0.4) is 0 Å². The van der Waals surface area contributed by atoms with Gasteiger partial charge in [-0.2, -0.15) is 0 Å². The Morgan fingerprint density at radius 3 is 2.70 bits per heavy atom. The summed E-state index contributed by atoms with van der Waals surface area (Å²) in [7, 11) is 0. The number of hydrogen-bond donors (Lipinski definition) is 2. The lowest BCUT2D eigenvalue weighted by Crippen LogP contribution is -2.11. The number of aliphatic carboxylic acids is 1. The van der Waals surface area contributed by atoms with Gasteiger partial charge in [-0.25, -0.2) is 0 Å². The molecule has 6 nitrogen and oxygen atoms in total. The molecule has 1 amide bonds. The molecule has 0 fully saturated rings. The first-order valence-electron chi connectivity index (χ1n) is 4.90. The van der Waals surface area contributed by atoms with Crippen LogP contribution in [-0.4, -0.2) is 32.9 Å². The summed E-state index contributed by atoms with van der Waals surface area (Å²) in [4.78, 5) is 22.3. The van der Waals surface area contributed by atoms with Crippen LogP contribution in [0, 0.1) is 0 Å². The first kappa shape index (κ1) is 15.5. The van der Waals surface area contributed by atoms with Crippen LogP contribution < -0.4 is 5.32 Å². The zero-order valence-electron chi connectivity index (χ0n) is 9.42. The first-order chi connectivity index (χ1) is 9.45. The minimum absolute atomic E-state index is 0.117. The molecule has 2 N–H and O–H groups in total. The Morgan fingerprint density at radius 2 is 2.10 bits per heavy atom. The molecule has 106 valence electrons. The Kier molecular flexibility index (Phi) is 5.22. The van der Waals surface area contributed by atoms with Crippen LogP contribution in [0.15, 0.2) is 10.4 Å². The van der Waals surface area contributed by atoms with Crippen LogP contribution >= 0.6 is 57.6 Å². The van der Waals surface area contributed by atoms with Crippen molar-refractivity contribution in [3.05, 3.63) is 20.3 Å². The van der Waals surface area contributed by atoms with Gasteiger partial charge in [0.05, 0.1) is 15.7 Å². The second-order valence-corrected chi connectivity index (χ2v) is 7.73. The summed E-state index contributed by atoms with van der Waals surface area (Å²) in [5.41, 5.74) is 0.261. The summed E-state index contributed by atoms with van der Waals surface area (Å²) >= 11 is 14.8. The molecule has 0 aliphatic rings. The van der Waals surface area contributed by atoms with E-state index in [-0.39, 0.29) is 20.8 Å². The van der Waals surface area contributed by atoms with E-state index in [0.29, 0.717) is 8.68 Å². The quantitative estimate of drug-likeness (QED) is 0.620. The second-order valence-electron chi connectivity index (χ2n) is 3.25. The number of carboxylic acid groups (broad SMARTS) is 1. The molecule has 0 atom stereocenters. The van der Waals surface area contributed by atoms with E-state index in [1.54, 1.807) is 0 Å². The summed E-state index contributed by atoms with van der Waals surface area (Å²) < 4.78 is 1.16. The van der Waals surface area contributed by atoms with Crippen LogP contribution in [0.1, 0.15) is 10.4 Å². The number of aromatic nitrogens is 2. The summed E-state index contributed by atoms with van der Waals surface area (Å²) in [6.45, 7) is 0. The monoisotopic (exact) mass is 369 g/mol. The zero-order chi connectivity index (χ0) is 14.7. The summed E-state index contributed by atoms with van der Waals surface area (Å²) in [5, 5.41) is 18.8. The Balaban J connectivity index is 2.01. The molecule has 0 aliphatic carbocycles. The fraction of sp³-hybridized carbons (Fsp3) is 0.111. The van der Waals surface area contributed by atoms with Gasteiger partial charge in [-0.05, 0) is 6.07 Å². The molecule has 2 aromatic heterocycles. The predicted molar refractivity (Wildman–Crippen MR) is 80.6 cm³/mol. The summed E-state index contributed by atoms with van der Waals surface area (Å²) in [6, 6.07) is 1.46. The highest BCUT2D eigenvalue weighted by Gasteiger charge is 2.16. The van der Waals surface area contributed by atoms with Crippen LogP contribution in [0.25, 0.3) is 0 Å². The van der Waals surface area contributed by atoms with Gasteiger partial charge in [0.15, 0.2) is 4.34 Å². The Hall–Kier alpha value is -0.870. The van der Waals surface area contributed by atoms with Crippen molar-refractivity contribution in [3.63, 3.8) is 0 Å². The maximum absolute atomic E-state index is 11.9. The summed E-state index contributed by atoms with van der Waals surface area (Å²) in [5.74, 6) is -1.51. The van der Waals surface area contributed by atoms with Gasteiger partial charge >= 0.3 is 5.97 Å². The number of thioether (sulfide) groups is 1. The SMILES string of the molecule is O=C(O)CSc1nnc(NC(=O)c2cc(Cl)sc2Cl)s1. The molecule has 2 heterocycles. The highest BCUT2D eigenvalue weighted by atomic mass is 35.5. The Morgan fingerprint density at radius 1 is 1.35 bits per heavy atom. The van der Waals surface area contributed by atoms with E-state index in [1.807, 2.05) is 0 Å². The average molecular weight is 370 g/mol. The lowest BCUT2D eigenvalue weighted by atomic mass is 10.3. The van der Waals surface area contributed by atoms with Gasteiger partial charge < -0.3 is 5.11 Å². The Bertz CT molecular complexity index is 658. The first-order valence-corrected chi connectivity index (χ1v) is 8.27. The fourth-order valence-electron chi connectivity index (χ4n) is 1.10. The third-order valence-corrected chi connectivity index (χ3v) is 5.29. The lowest BCUT2D eigenvalue weighted by Gasteiger charge is -1.98. The fourth-order valence-corrected chi connectivity index (χ4v) is 4.03. The van der Waals surface area contributed by atoms with Crippen LogP contribution in [0.5, 0.6) is 0 Å². The number of amides is 1. The van der Waals surface area contributed by atoms with Gasteiger partial charge in [0.1, 0.15) is 4.34 Å². The normalized spacial score (nSPS) is 10.5. The van der Waals surface area contributed by atoms with Gasteiger partial charge in [-0.15, -0.1) is 21.5 Å². The van der Waals surface area contributed by atoms with E-state index >= 15 is 0 Å². The highest BCUT2D eigenvalue weighted by Crippen LogP contribution is 2.32. The van der Waals surface area contributed by atoms with Crippen molar-refractivity contribution in [2.24, 2.45) is 0 Å². The van der Waals surface area contributed by atoms with Crippen molar-refractivity contribution in [1.29, 1.82) is 0 Å². The van der Waals surface area contributed by atoms with E-state index in [0.717, 1.165) is 34.4 Å². The second kappa shape index (κ2) is 6.72. The average Bonchev–Trinajstić information content (AvgIpc) is 2.93. The molecule has 0 aromatic carbocycles. The van der Waals surface area contributed by atoms with Crippen molar-refractivity contribution < 1.29 is 14.7 Å². The molecule has 0 bridgehead atoms. The number of anilines is 1. The minimum Gasteiger partial charge on any atom is -0.481 e. The molecule has 2 aromatic rings. The third kappa shape index (κ3) is 4.06. The van der Waals surface area contributed by atoms with Gasteiger partial charge in [0, 0.05) is 0 Å². The topological polar surface area (TPSA) is 92.2 Å². The standard InChI is InChI=1S/C9H5Cl2N3O3S3/c10-4-1-3(6(11)19-4)7(17)12-8-13-14-9(20-8)18-2-5(15)16/h1H,2H2,(H,15,16)(H,12,13,17).